The number of fused-ring (bicyclic) bond motifs is 1. The molecule has 0 heterocycles. The van der Waals surface area contributed by atoms with Gasteiger partial charge < -0.3 is 15.0 Å². The van der Waals surface area contributed by atoms with Gasteiger partial charge in [0.15, 0.2) is 0 Å². The van der Waals surface area contributed by atoms with Gasteiger partial charge in [-0.05, 0) is 48.2 Å². The average molecular weight is 424 g/mol. The summed E-state index contributed by atoms with van der Waals surface area (Å²) in [4.78, 5) is 22.4. The first-order chi connectivity index (χ1) is 13.1. The number of rotatable bonds is 4. The molecule has 3 rings (SSSR count). The molecule has 0 aliphatic carbocycles. The van der Waals surface area contributed by atoms with Crippen molar-refractivity contribution in [3.63, 3.8) is 0 Å². The maximum atomic E-state index is 12.5. The second-order valence-corrected chi connectivity index (χ2v) is 7.44. The molecule has 0 aliphatic rings. The fourth-order valence-electron chi connectivity index (χ4n) is 2.72. The van der Waals surface area contributed by atoms with Crippen LogP contribution in [0.1, 0.15) is 15.9 Å². The summed E-state index contributed by atoms with van der Waals surface area (Å²) < 4.78 is 33.4. The molecule has 0 spiro atoms. The molecule has 0 saturated carbocycles. The summed E-state index contributed by atoms with van der Waals surface area (Å²) >= 11 is 0. The van der Waals surface area contributed by atoms with Crippen LogP contribution in [-0.4, -0.2) is 28.9 Å². The number of phenols is 1. The van der Waals surface area contributed by atoms with Crippen molar-refractivity contribution in [1.82, 2.24) is 0 Å². The SMILES string of the molecule is Cc1ccc([N+](=O)[O-])c(C(=O)Nc2ccc3cc(S(=O)(=O)[O-])cc(O)c3c2)c1.[Na+]. The molecule has 0 aliphatic heterocycles. The summed E-state index contributed by atoms with van der Waals surface area (Å²) in [5, 5.41) is 24.2. The Balaban J connectivity index is 0.00000300. The molecule has 0 aromatic heterocycles. The number of phenolic OH excluding ortho intramolecular Hbond substituents is 1. The molecule has 0 fully saturated rings. The van der Waals surface area contributed by atoms with Crippen molar-refractivity contribution in [3.05, 3.63) is 69.8 Å². The Hall–Kier alpha value is -2.50. The van der Waals surface area contributed by atoms with E-state index in [1.54, 1.807) is 6.92 Å². The predicted octanol–water partition coefficient (Wildman–Crippen LogP) is -0.0776. The number of aryl methyl sites for hydroxylation is 1. The molecule has 1 amide bonds. The molecule has 3 aromatic carbocycles. The van der Waals surface area contributed by atoms with Gasteiger partial charge in [0.2, 0.25) is 0 Å². The Labute approximate surface area is 187 Å². The van der Waals surface area contributed by atoms with Gasteiger partial charge in [-0.1, -0.05) is 12.1 Å². The smallest absolute Gasteiger partial charge is 0.744 e. The minimum atomic E-state index is -4.74. The minimum absolute atomic E-state index is 0. The fourth-order valence-corrected chi connectivity index (χ4v) is 3.25. The van der Waals surface area contributed by atoms with Gasteiger partial charge in [-0.25, -0.2) is 8.42 Å². The van der Waals surface area contributed by atoms with Gasteiger partial charge >= 0.3 is 29.6 Å². The van der Waals surface area contributed by atoms with Crippen LogP contribution in [0.4, 0.5) is 11.4 Å². The Morgan fingerprint density at radius 3 is 2.41 bits per heavy atom. The number of carbonyl (C=O) groups excluding carboxylic acids is 1. The first-order valence-electron chi connectivity index (χ1n) is 7.85. The van der Waals surface area contributed by atoms with E-state index in [0.717, 1.165) is 12.1 Å². The molecule has 144 valence electrons. The molecule has 0 atom stereocenters. The summed E-state index contributed by atoms with van der Waals surface area (Å²) in [6.07, 6.45) is 0. The van der Waals surface area contributed by atoms with E-state index in [2.05, 4.69) is 5.32 Å². The summed E-state index contributed by atoms with van der Waals surface area (Å²) in [5.41, 5.74) is 0.415. The molecular formula is C18H13N2NaO7S. The van der Waals surface area contributed by atoms with Crippen molar-refractivity contribution >= 4 is 38.2 Å². The monoisotopic (exact) mass is 424 g/mol. The Morgan fingerprint density at radius 1 is 1.10 bits per heavy atom. The second-order valence-electron chi connectivity index (χ2n) is 6.06. The number of aromatic hydroxyl groups is 1. The van der Waals surface area contributed by atoms with Gasteiger partial charge in [0.1, 0.15) is 21.4 Å². The van der Waals surface area contributed by atoms with Crippen molar-refractivity contribution in [3.8, 4) is 5.75 Å². The standard InChI is InChI=1S/C18H14N2O7S.Na/c1-10-2-5-16(20(23)24)15(6-10)18(22)19-12-4-3-11-7-13(28(25,26)27)9-17(21)14(11)8-12;/h2-9,21H,1H3,(H,19,22)(H,25,26,27);/q;+1/p-1. The van der Waals surface area contributed by atoms with E-state index in [-0.39, 0.29) is 57.3 Å². The van der Waals surface area contributed by atoms with Crippen molar-refractivity contribution in [2.75, 3.05) is 5.32 Å². The number of amides is 1. The minimum Gasteiger partial charge on any atom is -0.744 e. The Bertz CT molecular complexity index is 1240. The van der Waals surface area contributed by atoms with Crippen molar-refractivity contribution in [2.45, 2.75) is 11.8 Å². The second kappa shape index (κ2) is 8.47. The van der Waals surface area contributed by atoms with E-state index in [1.807, 2.05) is 0 Å². The molecule has 29 heavy (non-hydrogen) atoms. The Kier molecular flexibility index (Phi) is 6.66. The zero-order chi connectivity index (χ0) is 20.6. The molecule has 2 N–H and O–H groups in total. The number of anilines is 1. The van der Waals surface area contributed by atoms with E-state index in [4.69, 9.17) is 0 Å². The van der Waals surface area contributed by atoms with Crippen LogP contribution in [0.25, 0.3) is 10.8 Å². The van der Waals surface area contributed by atoms with Gasteiger partial charge in [-0.3, -0.25) is 14.9 Å². The van der Waals surface area contributed by atoms with Crippen LogP contribution < -0.4 is 34.9 Å². The maximum absolute atomic E-state index is 12.5. The summed E-state index contributed by atoms with van der Waals surface area (Å²) in [6.45, 7) is 1.69. The van der Waals surface area contributed by atoms with Crippen LogP contribution in [0.15, 0.2) is 53.4 Å². The van der Waals surface area contributed by atoms with Crippen LogP contribution in [0.2, 0.25) is 0 Å². The topological polar surface area (TPSA) is 150 Å². The average Bonchev–Trinajstić information content (AvgIpc) is 2.60. The van der Waals surface area contributed by atoms with Crippen LogP contribution >= 0.6 is 0 Å². The summed E-state index contributed by atoms with van der Waals surface area (Å²) in [7, 11) is -4.74. The van der Waals surface area contributed by atoms with E-state index >= 15 is 0 Å². The van der Waals surface area contributed by atoms with Crippen LogP contribution in [0.3, 0.4) is 0 Å². The van der Waals surface area contributed by atoms with E-state index in [1.165, 1.54) is 36.4 Å². The molecule has 11 heteroatoms. The largest absolute Gasteiger partial charge is 1.00 e. The van der Waals surface area contributed by atoms with Crippen molar-refractivity contribution < 1.29 is 57.4 Å². The van der Waals surface area contributed by atoms with Crippen molar-refractivity contribution in [2.24, 2.45) is 0 Å². The van der Waals surface area contributed by atoms with Crippen LogP contribution in [-0.2, 0) is 10.1 Å². The zero-order valence-corrected chi connectivity index (χ0v) is 18.2. The number of benzene rings is 3. The zero-order valence-electron chi connectivity index (χ0n) is 15.4. The van der Waals surface area contributed by atoms with Gasteiger partial charge in [0, 0.05) is 17.1 Å². The molecule has 0 saturated heterocycles. The Morgan fingerprint density at radius 2 is 1.79 bits per heavy atom. The first kappa shape index (κ1) is 22.8. The first-order valence-corrected chi connectivity index (χ1v) is 9.26. The normalized spacial score (nSPS) is 11.0. The number of nitrogens with zero attached hydrogens (tertiary/aromatic N) is 1. The fraction of sp³-hybridized carbons (Fsp3) is 0.0556. The van der Waals surface area contributed by atoms with Gasteiger partial charge in [-0.15, -0.1) is 0 Å². The number of nitro groups is 1. The molecule has 0 radical (unpaired) electrons. The summed E-state index contributed by atoms with van der Waals surface area (Å²) in [6, 6.07) is 10.3. The number of nitro benzene ring substituents is 1. The van der Waals surface area contributed by atoms with Crippen molar-refractivity contribution in [1.29, 1.82) is 0 Å². The third-order valence-electron chi connectivity index (χ3n) is 4.05. The van der Waals surface area contributed by atoms with Gasteiger partial charge in [0.05, 0.1) is 9.82 Å². The molecule has 9 nitrogen and oxygen atoms in total. The molecule has 3 aromatic rings. The maximum Gasteiger partial charge on any atom is 1.00 e. The third-order valence-corrected chi connectivity index (χ3v) is 4.86. The molecular weight excluding hydrogens is 411 g/mol. The number of nitrogens with one attached hydrogen (secondary N) is 1. The van der Waals surface area contributed by atoms with E-state index in [0.29, 0.717) is 5.56 Å². The number of hydrogen-bond acceptors (Lipinski definition) is 7. The predicted molar refractivity (Wildman–Crippen MR) is 99.4 cm³/mol. The van der Waals surface area contributed by atoms with E-state index < -0.39 is 31.6 Å². The number of carbonyl (C=O) groups is 1. The van der Waals surface area contributed by atoms with Gasteiger partial charge in [0.25, 0.3) is 11.6 Å². The van der Waals surface area contributed by atoms with Crippen LogP contribution in [0, 0.1) is 17.0 Å². The van der Waals surface area contributed by atoms with Gasteiger partial charge in [-0.2, -0.15) is 0 Å². The molecule has 0 bridgehead atoms. The molecule has 0 unspecified atom stereocenters. The number of hydrogen-bond donors (Lipinski definition) is 2. The third kappa shape index (κ3) is 4.92. The summed E-state index contributed by atoms with van der Waals surface area (Å²) in [5.74, 6) is -1.17. The van der Waals surface area contributed by atoms with E-state index in [9.17, 15) is 33.0 Å². The van der Waals surface area contributed by atoms with Crippen LogP contribution in [0.5, 0.6) is 5.75 Å². The quantitative estimate of drug-likeness (QED) is 0.257.